The molecule has 0 bridgehead atoms. The fourth-order valence-electron chi connectivity index (χ4n) is 2.04. The van der Waals surface area contributed by atoms with Gasteiger partial charge in [0.15, 0.2) is 5.96 Å². The highest BCUT2D eigenvalue weighted by molar-refractivity contribution is 5.79. The molecule has 1 aromatic rings. The number of benzene rings is 1. The van der Waals surface area contributed by atoms with Crippen LogP contribution in [0.25, 0.3) is 0 Å². The topological polar surface area (TPSA) is 54.9 Å². The second-order valence-corrected chi connectivity index (χ2v) is 5.43. The smallest absolute Gasteiger partial charge is 0.191 e. The van der Waals surface area contributed by atoms with Gasteiger partial charge in [0.25, 0.3) is 0 Å². The van der Waals surface area contributed by atoms with Gasteiger partial charge in [-0.1, -0.05) is 19.1 Å². The second kappa shape index (κ2) is 6.61. The molecule has 1 aliphatic rings. The van der Waals surface area contributed by atoms with Crippen LogP contribution in [0.2, 0.25) is 0 Å². The summed E-state index contributed by atoms with van der Waals surface area (Å²) in [5.41, 5.74) is 1.39. The van der Waals surface area contributed by atoms with Crippen LogP contribution in [-0.4, -0.2) is 39.9 Å². The van der Waals surface area contributed by atoms with Crippen molar-refractivity contribution in [2.24, 2.45) is 10.4 Å². The zero-order chi connectivity index (χ0) is 14.4. The summed E-state index contributed by atoms with van der Waals surface area (Å²) >= 11 is 0. The minimum Gasteiger partial charge on any atom is -0.497 e. The summed E-state index contributed by atoms with van der Waals surface area (Å²) in [6.45, 7) is 5.41. The number of hydrogen-bond donors (Lipinski definition) is 2. The van der Waals surface area contributed by atoms with Crippen LogP contribution < -0.4 is 15.4 Å². The molecule has 5 heteroatoms. The zero-order valence-electron chi connectivity index (χ0n) is 12.4. The van der Waals surface area contributed by atoms with Crippen molar-refractivity contribution in [2.75, 3.05) is 33.9 Å². The standard InChI is InChI=1S/C15H23N3O2/c1-15(10-20-11-15)9-18-14(16-2)17-8-12-5-4-6-13(7-12)19-3/h4-7H,8-11H2,1-3H3,(H2,16,17,18). The molecular weight excluding hydrogens is 254 g/mol. The van der Waals surface area contributed by atoms with Crippen molar-refractivity contribution >= 4 is 5.96 Å². The molecule has 1 fully saturated rings. The van der Waals surface area contributed by atoms with E-state index in [1.807, 2.05) is 18.2 Å². The van der Waals surface area contributed by atoms with Gasteiger partial charge in [0.05, 0.1) is 20.3 Å². The molecule has 2 rings (SSSR count). The first-order chi connectivity index (χ1) is 9.65. The van der Waals surface area contributed by atoms with Crippen LogP contribution in [-0.2, 0) is 11.3 Å². The molecule has 5 nitrogen and oxygen atoms in total. The third kappa shape index (κ3) is 3.87. The van der Waals surface area contributed by atoms with Gasteiger partial charge in [-0.25, -0.2) is 0 Å². The van der Waals surface area contributed by atoms with E-state index in [2.05, 4.69) is 28.6 Å². The van der Waals surface area contributed by atoms with Gasteiger partial charge in [0, 0.05) is 25.6 Å². The Labute approximate surface area is 120 Å². The van der Waals surface area contributed by atoms with E-state index >= 15 is 0 Å². The van der Waals surface area contributed by atoms with E-state index in [9.17, 15) is 0 Å². The predicted octanol–water partition coefficient (Wildman–Crippen LogP) is 1.40. The molecular formula is C15H23N3O2. The number of ether oxygens (including phenoxy) is 2. The molecule has 0 aliphatic carbocycles. The number of rotatable bonds is 5. The Balaban J connectivity index is 1.81. The molecule has 0 radical (unpaired) electrons. The van der Waals surface area contributed by atoms with Gasteiger partial charge in [-0.05, 0) is 17.7 Å². The van der Waals surface area contributed by atoms with Crippen LogP contribution in [0, 0.1) is 5.41 Å². The van der Waals surface area contributed by atoms with Crippen molar-refractivity contribution in [1.82, 2.24) is 10.6 Å². The molecule has 0 aromatic heterocycles. The Bertz CT molecular complexity index is 470. The molecule has 0 saturated carbocycles. The van der Waals surface area contributed by atoms with Crippen molar-refractivity contribution in [1.29, 1.82) is 0 Å². The highest BCUT2D eigenvalue weighted by atomic mass is 16.5. The molecule has 0 amide bonds. The van der Waals surface area contributed by atoms with Gasteiger partial charge in [-0.3, -0.25) is 4.99 Å². The number of guanidine groups is 1. The Morgan fingerprint density at radius 2 is 2.20 bits per heavy atom. The van der Waals surface area contributed by atoms with Crippen LogP contribution in [0.1, 0.15) is 12.5 Å². The third-order valence-electron chi connectivity index (χ3n) is 3.40. The van der Waals surface area contributed by atoms with Gasteiger partial charge in [0.1, 0.15) is 5.75 Å². The first-order valence-electron chi connectivity index (χ1n) is 6.80. The Hall–Kier alpha value is -1.75. The first-order valence-corrected chi connectivity index (χ1v) is 6.80. The highest BCUT2D eigenvalue weighted by Gasteiger charge is 2.33. The molecule has 1 aromatic carbocycles. The second-order valence-electron chi connectivity index (χ2n) is 5.43. The van der Waals surface area contributed by atoms with E-state index < -0.39 is 0 Å². The van der Waals surface area contributed by atoms with Gasteiger partial charge >= 0.3 is 0 Å². The molecule has 0 atom stereocenters. The van der Waals surface area contributed by atoms with E-state index in [4.69, 9.17) is 9.47 Å². The zero-order valence-corrected chi connectivity index (χ0v) is 12.4. The molecule has 20 heavy (non-hydrogen) atoms. The molecule has 2 N–H and O–H groups in total. The quantitative estimate of drug-likeness (QED) is 0.631. The summed E-state index contributed by atoms with van der Waals surface area (Å²) in [6, 6.07) is 8.00. The van der Waals surface area contributed by atoms with Crippen LogP contribution in [0.15, 0.2) is 29.3 Å². The molecule has 1 aliphatic heterocycles. The van der Waals surface area contributed by atoms with E-state index in [1.54, 1.807) is 14.2 Å². The lowest BCUT2D eigenvalue weighted by Gasteiger charge is -2.38. The predicted molar refractivity (Wildman–Crippen MR) is 80.1 cm³/mol. The fourth-order valence-corrected chi connectivity index (χ4v) is 2.04. The van der Waals surface area contributed by atoms with Gasteiger partial charge in [-0.2, -0.15) is 0 Å². The molecule has 0 spiro atoms. The number of nitrogens with one attached hydrogen (secondary N) is 2. The number of methoxy groups -OCH3 is 1. The molecule has 110 valence electrons. The normalized spacial score (nSPS) is 17.2. The lowest BCUT2D eigenvalue weighted by Crippen LogP contribution is -2.50. The minimum atomic E-state index is 0.230. The van der Waals surface area contributed by atoms with E-state index in [-0.39, 0.29) is 5.41 Å². The molecule has 0 unspecified atom stereocenters. The number of nitrogens with zero attached hydrogens (tertiary/aromatic N) is 1. The maximum atomic E-state index is 5.24. The Morgan fingerprint density at radius 1 is 1.40 bits per heavy atom. The van der Waals surface area contributed by atoms with E-state index in [1.165, 1.54) is 0 Å². The van der Waals surface area contributed by atoms with Gasteiger partial charge in [-0.15, -0.1) is 0 Å². The van der Waals surface area contributed by atoms with Crippen molar-refractivity contribution in [3.63, 3.8) is 0 Å². The largest absolute Gasteiger partial charge is 0.497 e. The summed E-state index contributed by atoms with van der Waals surface area (Å²) < 4.78 is 10.5. The van der Waals surface area contributed by atoms with Crippen molar-refractivity contribution in [3.8, 4) is 5.75 Å². The lowest BCUT2D eigenvalue weighted by atomic mass is 9.89. The molecule has 1 heterocycles. The van der Waals surface area contributed by atoms with Crippen molar-refractivity contribution in [2.45, 2.75) is 13.5 Å². The average Bonchev–Trinajstić information content (AvgIpc) is 2.45. The lowest BCUT2D eigenvalue weighted by molar-refractivity contribution is -0.0971. The van der Waals surface area contributed by atoms with Gasteiger partial charge < -0.3 is 20.1 Å². The van der Waals surface area contributed by atoms with E-state index in [0.717, 1.165) is 37.0 Å². The molecule has 1 saturated heterocycles. The Morgan fingerprint density at radius 3 is 2.80 bits per heavy atom. The first kappa shape index (κ1) is 14.7. The Kier molecular flexibility index (Phi) is 4.84. The average molecular weight is 277 g/mol. The number of hydrogen-bond acceptors (Lipinski definition) is 3. The van der Waals surface area contributed by atoms with Crippen LogP contribution in [0.3, 0.4) is 0 Å². The third-order valence-corrected chi connectivity index (χ3v) is 3.40. The summed E-state index contributed by atoms with van der Waals surface area (Å²) in [7, 11) is 3.45. The minimum absolute atomic E-state index is 0.230. The summed E-state index contributed by atoms with van der Waals surface area (Å²) in [5, 5.41) is 6.64. The van der Waals surface area contributed by atoms with Crippen molar-refractivity contribution < 1.29 is 9.47 Å². The summed E-state index contributed by atoms with van der Waals surface area (Å²) in [6.07, 6.45) is 0. The maximum absolute atomic E-state index is 5.24. The SMILES string of the molecule is CN=C(NCc1cccc(OC)c1)NCC1(C)COC1. The van der Waals surface area contributed by atoms with Crippen LogP contribution >= 0.6 is 0 Å². The van der Waals surface area contributed by atoms with E-state index in [0.29, 0.717) is 6.54 Å². The summed E-state index contributed by atoms with van der Waals surface area (Å²) in [5.74, 6) is 1.67. The van der Waals surface area contributed by atoms with Crippen LogP contribution in [0.5, 0.6) is 5.75 Å². The summed E-state index contributed by atoms with van der Waals surface area (Å²) in [4.78, 5) is 4.23. The highest BCUT2D eigenvalue weighted by Crippen LogP contribution is 2.24. The maximum Gasteiger partial charge on any atom is 0.191 e. The fraction of sp³-hybridized carbons (Fsp3) is 0.533. The monoisotopic (exact) mass is 277 g/mol. The van der Waals surface area contributed by atoms with Gasteiger partial charge in [0.2, 0.25) is 0 Å². The van der Waals surface area contributed by atoms with Crippen molar-refractivity contribution in [3.05, 3.63) is 29.8 Å². The van der Waals surface area contributed by atoms with Crippen LogP contribution in [0.4, 0.5) is 0 Å². The number of aliphatic imine (C=N–C) groups is 1.